The molecular weight excluding hydrogens is 223 g/mol. The first-order chi connectivity index (χ1) is 7.68. The summed E-state index contributed by atoms with van der Waals surface area (Å²) in [7, 11) is -2.55. The lowest BCUT2D eigenvalue weighted by Crippen LogP contribution is -2.09. The molecule has 0 aliphatic rings. The fourth-order valence-electron chi connectivity index (χ4n) is 1.23. The van der Waals surface area contributed by atoms with E-state index in [0.717, 1.165) is 38.5 Å². The lowest BCUT2D eigenvalue weighted by Gasteiger charge is -2.16. The van der Waals surface area contributed by atoms with Crippen LogP contribution in [-0.4, -0.2) is 24.3 Å². The van der Waals surface area contributed by atoms with Gasteiger partial charge in [-0.1, -0.05) is 40.0 Å². The van der Waals surface area contributed by atoms with E-state index >= 15 is 0 Å². The second-order valence-electron chi connectivity index (χ2n) is 4.09. The smallest absolute Gasteiger partial charge is 0.193 e. The summed E-state index contributed by atoms with van der Waals surface area (Å²) in [5, 5.41) is 0. The molecule has 0 spiro atoms. The molecule has 1 N–H and O–H groups in total. The van der Waals surface area contributed by atoms with Crippen LogP contribution in [0.2, 0.25) is 0 Å². The van der Waals surface area contributed by atoms with Gasteiger partial charge in [-0.05, 0) is 19.3 Å². The molecule has 0 saturated carbocycles. The van der Waals surface area contributed by atoms with Crippen molar-refractivity contribution < 1.29 is 13.9 Å². The third-order valence-electron chi connectivity index (χ3n) is 2.38. The van der Waals surface area contributed by atoms with Gasteiger partial charge in [0.25, 0.3) is 0 Å². The first-order valence-electron chi connectivity index (χ1n) is 6.58. The van der Waals surface area contributed by atoms with Crippen molar-refractivity contribution >= 4 is 7.94 Å². The minimum absolute atomic E-state index is 0.622. The molecule has 0 fully saturated rings. The SMILES string of the molecule is CCCCO[P+](O)(CCCC)OCCCC. The largest absolute Gasteiger partial charge is 0.408 e. The second kappa shape index (κ2) is 10.5. The van der Waals surface area contributed by atoms with Crippen LogP contribution in [0.4, 0.5) is 0 Å². The van der Waals surface area contributed by atoms with Gasteiger partial charge in [-0.15, -0.1) is 0 Å². The highest BCUT2D eigenvalue weighted by atomic mass is 31.2. The summed E-state index contributed by atoms with van der Waals surface area (Å²) in [6, 6.07) is 0. The molecule has 4 heteroatoms. The summed E-state index contributed by atoms with van der Waals surface area (Å²) in [6.07, 6.45) is 6.87. The van der Waals surface area contributed by atoms with Crippen molar-refractivity contribution in [3.05, 3.63) is 0 Å². The summed E-state index contributed by atoms with van der Waals surface area (Å²) in [6.45, 7) is 7.59. The Balaban J connectivity index is 3.91. The van der Waals surface area contributed by atoms with Crippen LogP contribution < -0.4 is 0 Å². The van der Waals surface area contributed by atoms with Gasteiger partial charge in [-0.25, -0.2) is 0 Å². The van der Waals surface area contributed by atoms with Gasteiger partial charge in [0.1, 0.15) is 6.16 Å². The van der Waals surface area contributed by atoms with Gasteiger partial charge >= 0.3 is 7.94 Å². The van der Waals surface area contributed by atoms with E-state index in [-0.39, 0.29) is 0 Å². The summed E-state index contributed by atoms with van der Waals surface area (Å²) in [5.41, 5.74) is 0. The highest BCUT2D eigenvalue weighted by Crippen LogP contribution is 2.57. The quantitative estimate of drug-likeness (QED) is 0.442. The Kier molecular flexibility index (Phi) is 10.7. The zero-order valence-corrected chi connectivity index (χ0v) is 12.0. The molecule has 16 heavy (non-hydrogen) atoms. The van der Waals surface area contributed by atoms with E-state index in [9.17, 15) is 4.89 Å². The Bertz CT molecular complexity index is 143. The molecule has 0 aliphatic heterocycles. The van der Waals surface area contributed by atoms with Crippen LogP contribution in [0.5, 0.6) is 0 Å². The Morgan fingerprint density at radius 3 is 1.62 bits per heavy atom. The molecule has 0 aromatic carbocycles. The molecule has 0 saturated heterocycles. The Morgan fingerprint density at radius 1 is 0.812 bits per heavy atom. The zero-order valence-electron chi connectivity index (χ0n) is 11.1. The predicted octanol–water partition coefficient (Wildman–Crippen LogP) is 4.17. The average molecular weight is 251 g/mol. The molecule has 3 nitrogen and oxygen atoms in total. The second-order valence-corrected chi connectivity index (χ2v) is 6.33. The molecule has 0 radical (unpaired) electrons. The zero-order chi connectivity index (χ0) is 12.3. The Hall–Kier alpha value is 0.310. The van der Waals surface area contributed by atoms with E-state index in [1.54, 1.807) is 0 Å². The fraction of sp³-hybridized carbons (Fsp3) is 1.00. The van der Waals surface area contributed by atoms with Crippen LogP contribution in [0.1, 0.15) is 59.3 Å². The van der Waals surface area contributed by atoms with Gasteiger partial charge in [0.2, 0.25) is 0 Å². The summed E-state index contributed by atoms with van der Waals surface area (Å²) >= 11 is 0. The van der Waals surface area contributed by atoms with E-state index in [0.29, 0.717) is 19.4 Å². The molecule has 0 bridgehead atoms. The lowest BCUT2D eigenvalue weighted by molar-refractivity contribution is 0.171. The van der Waals surface area contributed by atoms with E-state index in [4.69, 9.17) is 9.05 Å². The molecule has 0 amide bonds. The Labute approximate surface area is 101 Å². The van der Waals surface area contributed by atoms with E-state index < -0.39 is 7.94 Å². The van der Waals surface area contributed by atoms with Gasteiger partial charge < -0.3 is 0 Å². The minimum atomic E-state index is -2.55. The number of unbranched alkanes of at least 4 members (excludes halogenated alkanes) is 3. The minimum Gasteiger partial charge on any atom is -0.193 e. The van der Waals surface area contributed by atoms with Gasteiger partial charge in [0, 0.05) is 0 Å². The third kappa shape index (κ3) is 8.46. The van der Waals surface area contributed by atoms with Crippen molar-refractivity contribution in [1.82, 2.24) is 0 Å². The van der Waals surface area contributed by atoms with Crippen LogP contribution in [0.25, 0.3) is 0 Å². The van der Waals surface area contributed by atoms with Gasteiger partial charge in [-0.3, -0.25) is 0 Å². The first kappa shape index (κ1) is 16.3. The summed E-state index contributed by atoms with van der Waals surface area (Å²) < 4.78 is 11.1. The van der Waals surface area contributed by atoms with E-state index in [1.165, 1.54) is 0 Å². The average Bonchev–Trinajstić information content (AvgIpc) is 2.27. The Morgan fingerprint density at radius 2 is 1.25 bits per heavy atom. The van der Waals surface area contributed by atoms with E-state index in [2.05, 4.69) is 20.8 Å². The van der Waals surface area contributed by atoms with Gasteiger partial charge in [0.05, 0.1) is 13.2 Å². The first-order valence-corrected chi connectivity index (χ1v) is 8.34. The van der Waals surface area contributed by atoms with E-state index in [1.807, 2.05) is 0 Å². The van der Waals surface area contributed by atoms with Gasteiger partial charge in [0.15, 0.2) is 0 Å². The molecule has 0 atom stereocenters. The molecule has 0 aliphatic carbocycles. The lowest BCUT2D eigenvalue weighted by atomic mass is 10.4. The highest BCUT2D eigenvalue weighted by Gasteiger charge is 2.39. The van der Waals surface area contributed by atoms with Gasteiger partial charge in [-0.2, -0.15) is 13.9 Å². The summed E-state index contributed by atoms with van der Waals surface area (Å²) in [5.74, 6) is 0. The van der Waals surface area contributed by atoms with Crippen molar-refractivity contribution in [2.75, 3.05) is 19.4 Å². The molecule has 0 rings (SSSR count). The maximum Gasteiger partial charge on any atom is 0.408 e. The third-order valence-corrected chi connectivity index (χ3v) is 4.43. The normalized spacial score (nSPS) is 12.0. The van der Waals surface area contributed by atoms with Crippen molar-refractivity contribution in [3.63, 3.8) is 0 Å². The molecule has 0 heterocycles. The van der Waals surface area contributed by atoms with Crippen LogP contribution in [0.15, 0.2) is 0 Å². The van der Waals surface area contributed by atoms with Crippen molar-refractivity contribution in [2.45, 2.75) is 59.3 Å². The fourth-order valence-corrected chi connectivity index (χ4v) is 3.10. The maximum absolute atomic E-state index is 10.3. The maximum atomic E-state index is 10.3. The highest BCUT2D eigenvalue weighted by molar-refractivity contribution is 7.60. The monoisotopic (exact) mass is 251 g/mol. The van der Waals surface area contributed by atoms with Crippen LogP contribution >= 0.6 is 7.94 Å². The molecule has 0 aromatic heterocycles. The van der Waals surface area contributed by atoms with Crippen molar-refractivity contribution in [1.29, 1.82) is 0 Å². The summed E-state index contributed by atoms with van der Waals surface area (Å²) in [4.78, 5) is 10.3. The number of hydrogen-bond acceptors (Lipinski definition) is 3. The predicted molar refractivity (Wildman–Crippen MR) is 70.6 cm³/mol. The number of rotatable bonds is 11. The van der Waals surface area contributed by atoms with Crippen LogP contribution in [0.3, 0.4) is 0 Å². The molecule has 0 unspecified atom stereocenters. The molecule has 0 aromatic rings. The van der Waals surface area contributed by atoms with Crippen LogP contribution in [0, 0.1) is 0 Å². The van der Waals surface area contributed by atoms with Crippen molar-refractivity contribution in [2.24, 2.45) is 0 Å². The molecular formula is C12H28O3P+. The standard InChI is InChI=1S/C12H28O3P/c1-4-7-10-14-16(13,12-9-6-3)15-11-8-5-2/h13H,4-12H2,1-3H3/q+1. The van der Waals surface area contributed by atoms with Crippen LogP contribution in [-0.2, 0) is 9.05 Å². The van der Waals surface area contributed by atoms with Crippen molar-refractivity contribution in [3.8, 4) is 0 Å². The topological polar surface area (TPSA) is 38.7 Å². The number of hydrogen-bond donors (Lipinski definition) is 1. The molecule has 98 valence electrons.